The molecule has 0 radical (unpaired) electrons. The Hall–Kier alpha value is -4.24. The number of rotatable bonds is 4. The summed E-state index contributed by atoms with van der Waals surface area (Å²) >= 11 is 0. The number of carbonyl (C=O) groups is 2. The Morgan fingerprint density at radius 1 is 0.564 bits per heavy atom. The van der Waals surface area contributed by atoms with Gasteiger partial charge in [0.1, 0.15) is 11.5 Å². The van der Waals surface area contributed by atoms with Gasteiger partial charge in [0, 0.05) is 5.41 Å². The number of phenols is 2. The van der Waals surface area contributed by atoms with Crippen LogP contribution in [0, 0.1) is 0 Å². The molecule has 216 valence electrons. The third kappa shape index (κ3) is 11.0. The highest BCUT2D eigenvalue weighted by molar-refractivity contribution is 5.88. The second kappa shape index (κ2) is 13.5. The van der Waals surface area contributed by atoms with E-state index in [1.165, 1.54) is 0 Å². The molecule has 0 saturated heterocycles. The summed E-state index contributed by atoms with van der Waals surface area (Å²) in [6.07, 6.45) is -17.5. The summed E-state index contributed by atoms with van der Waals surface area (Å²) in [7, 11) is 0. The molecule has 2 aromatic rings. The molecule has 2 aromatic carbocycles. The van der Waals surface area contributed by atoms with Gasteiger partial charge in [0.15, 0.2) is 0 Å². The second-order valence-electron chi connectivity index (χ2n) is 7.60. The zero-order valence-electron chi connectivity index (χ0n) is 19.5. The van der Waals surface area contributed by atoms with Gasteiger partial charge >= 0.3 is 24.3 Å². The summed E-state index contributed by atoms with van der Waals surface area (Å²) < 4.78 is 113. The molecule has 0 aliphatic carbocycles. The van der Waals surface area contributed by atoms with Crippen molar-refractivity contribution in [2.24, 2.45) is 0 Å². The Bertz CT molecular complexity index is 1090. The molecule has 0 saturated carbocycles. The first kappa shape index (κ1) is 34.8. The van der Waals surface area contributed by atoms with Crippen molar-refractivity contribution in [3.63, 3.8) is 0 Å². The third-order valence-electron chi connectivity index (χ3n) is 4.55. The molecule has 6 nitrogen and oxygen atoms in total. The van der Waals surface area contributed by atoms with Crippen LogP contribution in [0.15, 0.2) is 71.8 Å². The number of benzene rings is 2. The standard InChI is InChI=1S/C15H16O2.2C4HF5O2/c1-15(2,11-3-7-13(16)8-4-11)12-5-9-14(17)10-6-12;2*5-2(6)1(3(10)11)4(7,8)9/h3-10,16-17H,1-2H3;2*(H,10,11). The fourth-order valence-corrected chi connectivity index (χ4v) is 2.54. The number of phenolic OH excluding ortho intramolecular Hbond substituents is 2. The Balaban J connectivity index is 0.000000582. The molecule has 0 fully saturated rings. The first-order chi connectivity index (χ1) is 17.5. The zero-order valence-corrected chi connectivity index (χ0v) is 19.5. The molecule has 0 aliphatic rings. The van der Waals surface area contributed by atoms with E-state index < -0.39 is 47.6 Å². The largest absolute Gasteiger partial charge is 0.508 e. The zero-order chi connectivity index (χ0) is 30.9. The molecule has 4 N–H and O–H groups in total. The van der Waals surface area contributed by atoms with Crippen molar-refractivity contribution in [3.8, 4) is 11.5 Å². The molecule has 0 aromatic heterocycles. The Labute approximate surface area is 212 Å². The van der Waals surface area contributed by atoms with Gasteiger partial charge in [-0.2, -0.15) is 43.9 Å². The number of aliphatic carboxylic acids is 2. The highest BCUT2D eigenvalue weighted by Crippen LogP contribution is 2.33. The van der Waals surface area contributed by atoms with Crippen molar-refractivity contribution >= 4 is 11.9 Å². The van der Waals surface area contributed by atoms with Crippen LogP contribution < -0.4 is 0 Å². The predicted molar refractivity (Wildman–Crippen MR) is 114 cm³/mol. The second-order valence-corrected chi connectivity index (χ2v) is 7.60. The quantitative estimate of drug-likeness (QED) is 0.229. The van der Waals surface area contributed by atoms with E-state index in [2.05, 4.69) is 13.8 Å². The van der Waals surface area contributed by atoms with Crippen LogP contribution in [0.3, 0.4) is 0 Å². The van der Waals surface area contributed by atoms with Gasteiger partial charge in [0.05, 0.1) is 0 Å². The predicted octanol–water partition coefficient (Wildman–Crippen LogP) is 6.99. The number of hydrogen-bond acceptors (Lipinski definition) is 4. The van der Waals surface area contributed by atoms with Gasteiger partial charge in [-0.15, -0.1) is 0 Å². The lowest BCUT2D eigenvalue weighted by molar-refractivity contribution is -0.147. The molecule has 16 heteroatoms. The van der Waals surface area contributed by atoms with Crippen molar-refractivity contribution in [1.82, 2.24) is 0 Å². The van der Waals surface area contributed by atoms with E-state index in [4.69, 9.17) is 10.2 Å². The first-order valence-electron chi connectivity index (χ1n) is 9.84. The van der Waals surface area contributed by atoms with Crippen LogP contribution in [0.2, 0.25) is 0 Å². The van der Waals surface area contributed by atoms with Crippen molar-refractivity contribution in [3.05, 3.63) is 83.0 Å². The lowest BCUT2D eigenvalue weighted by atomic mass is 9.78. The van der Waals surface area contributed by atoms with E-state index in [9.17, 15) is 63.7 Å². The van der Waals surface area contributed by atoms with Crippen LogP contribution >= 0.6 is 0 Å². The molecule has 0 spiro atoms. The lowest BCUT2D eigenvalue weighted by Gasteiger charge is -2.26. The van der Waals surface area contributed by atoms with Crippen LogP contribution in [0.1, 0.15) is 25.0 Å². The summed E-state index contributed by atoms with van der Waals surface area (Å²) in [6, 6.07) is 14.4. The first-order valence-corrected chi connectivity index (χ1v) is 9.84. The fourth-order valence-electron chi connectivity index (χ4n) is 2.54. The smallest absolute Gasteiger partial charge is 0.428 e. The topological polar surface area (TPSA) is 115 Å². The van der Waals surface area contributed by atoms with Crippen LogP contribution in [0.25, 0.3) is 0 Å². The van der Waals surface area contributed by atoms with E-state index in [0.717, 1.165) is 11.1 Å². The summed E-state index contributed by atoms with van der Waals surface area (Å²) in [6.45, 7) is 4.23. The van der Waals surface area contributed by atoms with E-state index in [0.29, 0.717) is 0 Å². The SMILES string of the molecule is CC(C)(c1ccc(O)cc1)c1ccc(O)cc1.O=C(O)C(=C(F)F)C(F)(F)F.O=C(O)C(=C(F)F)C(F)(F)F. The molecule has 39 heavy (non-hydrogen) atoms. The molecular formula is C23H18F10O6. The molecule has 0 amide bonds. The van der Waals surface area contributed by atoms with E-state index >= 15 is 0 Å². The molecule has 0 atom stereocenters. The van der Waals surface area contributed by atoms with Crippen LogP contribution in [-0.4, -0.2) is 44.7 Å². The summed E-state index contributed by atoms with van der Waals surface area (Å²) in [5, 5.41) is 33.8. The van der Waals surface area contributed by atoms with Gasteiger partial charge in [-0.1, -0.05) is 38.1 Å². The van der Waals surface area contributed by atoms with E-state index in [1.54, 1.807) is 24.3 Å². The molecular weight excluding hydrogens is 562 g/mol. The van der Waals surface area contributed by atoms with Crippen molar-refractivity contribution in [2.45, 2.75) is 31.6 Å². The maximum absolute atomic E-state index is 11.3. The van der Waals surface area contributed by atoms with Crippen LogP contribution in [-0.2, 0) is 15.0 Å². The maximum Gasteiger partial charge on any atom is 0.428 e. The molecule has 2 rings (SSSR count). The Morgan fingerprint density at radius 3 is 0.923 bits per heavy atom. The van der Waals surface area contributed by atoms with E-state index in [-0.39, 0.29) is 16.9 Å². The average molecular weight is 580 g/mol. The van der Waals surface area contributed by atoms with Gasteiger partial charge in [0.2, 0.25) is 11.1 Å². The number of alkyl halides is 6. The number of aromatic hydroxyl groups is 2. The van der Waals surface area contributed by atoms with Crippen molar-refractivity contribution < 1.29 is 73.9 Å². The number of carboxylic acids is 2. The summed E-state index contributed by atoms with van der Waals surface area (Å²) in [5.74, 6) is -4.82. The van der Waals surface area contributed by atoms with Gasteiger partial charge in [-0.05, 0) is 35.4 Å². The van der Waals surface area contributed by atoms with E-state index in [1.807, 2.05) is 24.3 Å². The molecule has 0 heterocycles. The lowest BCUT2D eigenvalue weighted by Crippen LogP contribution is -2.20. The molecule has 0 aliphatic heterocycles. The van der Waals surface area contributed by atoms with Gasteiger partial charge in [0.25, 0.3) is 12.2 Å². The normalized spacial score (nSPS) is 11.2. The minimum Gasteiger partial charge on any atom is -0.508 e. The van der Waals surface area contributed by atoms with Crippen LogP contribution in [0.5, 0.6) is 11.5 Å². The fraction of sp³-hybridized carbons (Fsp3) is 0.217. The number of hydrogen-bond donors (Lipinski definition) is 4. The van der Waals surface area contributed by atoms with Crippen LogP contribution in [0.4, 0.5) is 43.9 Å². The Kier molecular flexibility index (Phi) is 12.1. The number of carboxylic acid groups (broad SMARTS) is 2. The van der Waals surface area contributed by atoms with Gasteiger partial charge < -0.3 is 20.4 Å². The molecule has 0 unspecified atom stereocenters. The highest BCUT2D eigenvalue weighted by Gasteiger charge is 2.43. The van der Waals surface area contributed by atoms with Gasteiger partial charge in [-0.3, -0.25) is 0 Å². The minimum absolute atomic E-state index is 0.151. The monoisotopic (exact) mass is 580 g/mol. The minimum atomic E-state index is -5.51. The summed E-state index contributed by atoms with van der Waals surface area (Å²) in [5.41, 5.74) is -3.54. The van der Waals surface area contributed by atoms with Crippen molar-refractivity contribution in [1.29, 1.82) is 0 Å². The van der Waals surface area contributed by atoms with Gasteiger partial charge in [-0.25, -0.2) is 9.59 Å². The van der Waals surface area contributed by atoms with Crippen molar-refractivity contribution in [2.75, 3.05) is 0 Å². The highest BCUT2D eigenvalue weighted by atomic mass is 19.4. The maximum atomic E-state index is 11.3. The average Bonchev–Trinajstić information content (AvgIpc) is 2.71. The molecule has 0 bridgehead atoms. The Morgan fingerprint density at radius 2 is 0.795 bits per heavy atom. The summed E-state index contributed by atoms with van der Waals surface area (Å²) in [4.78, 5) is 19.1. The number of halogens is 10. The third-order valence-corrected chi connectivity index (χ3v) is 4.55.